The zero-order valence-corrected chi connectivity index (χ0v) is 17.0. The molecule has 1 unspecified atom stereocenters. The second-order valence-electron chi connectivity index (χ2n) is 0.908. The van der Waals surface area contributed by atoms with Gasteiger partial charge in [-0.3, -0.25) is 0 Å². The molecule has 0 aliphatic rings. The van der Waals surface area contributed by atoms with E-state index in [1.54, 1.807) is 0 Å². The Balaban J connectivity index is 2.80. The molecule has 0 radical (unpaired) electrons. The zero-order chi connectivity index (χ0) is 3.58. The summed E-state index contributed by atoms with van der Waals surface area (Å²) in [7, 11) is 0. The third-order valence-electron chi connectivity index (χ3n) is 0. The van der Waals surface area contributed by atoms with Gasteiger partial charge in [0.15, 0.2) is 0 Å². The summed E-state index contributed by atoms with van der Waals surface area (Å²) < 4.78 is 9.13. The molecule has 0 aromatic rings. The molecule has 0 aromatic heterocycles. The maximum absolute atomic E-state index is 9.83. The van der Waals surface area contributed by atoms with Crippen LogP contribution >= 0.6 is -6.12 Å². The molecule has 4 heteroatoms. The van der Waals surface area contributed by atoms with Gasteiger partial charge in [0.25, 0.3) is 0 Å². The minimum absolute atomic E-state index is 0.454. The predicted molar refractivity (Wildman–Crippen MR) is 16.2 cm³/mol. The Bertz CT molecular complexity index is 31.0. The van der Waals surface area contributed by atoms with Crippen LogP contribution < -0.4 is 0 Å². The molecule has 0 bridgehead atoms. The van der Waals surface area contributed by atoms with Crippen molar-refractivity contribution in [2.24, 2.45) is 0 Å². The molecule has 0 heterocycles. The van der Waals surface area contributed by atoms with Crippen molar-refractivity contribution in [1.29, 1.82) is 0 Å². The van der Waals surface area contributed by atoms with Crippen LogP contribution in [0.5, 0.6) is 0 Å². The van der Waals surface area contributed by atoms with Crippen molar-refractivity contribution in [3.8, 4) is 0 Å². The maximum atomic E-state index is 9.83. The van der Waals surface area contributed by atoms with Crippen molar-refractivity contribution in [3.05, 3.63) is 0 Å². The van der Waals surface area contributed by atoms with Gasteiger partial charge in [-0.05, 0) is 0 Å². The van der Waals surface area contributed by atoms with E-state index in [-0.39, 0.29) is 0 Å². The Kier molecular flexibility index (Phi) is 8.73. The van der Waals surface area contributed by atoms with Crippen LogP contribution in [0.1, 0.15) is 0 Å². The average Bonchev–Trinajstić information content (AvgIpc) is 0.811. The van der Waals surface area contributed by atoms with Crippen LogP contribution in [0.3, 0.4) is 0 Å². The van der Waals surface area contributed by atoms with Gasteiger partial charge in [-0.15, -0.1) is 0 Å². The Morgan fingerprint density at radius 2 is 2.00 bits per heavy atom. The summed E-state index contributed by atoms with van der Waals surface area (Å²) in [5, 5.41) is 0. The second kappa shape index (κ2) is 4.66. The summed E-state index contributed by atoms with van der Waals surface area (Å²) in [6, 6.07) is 0. The average molecular weight is 360 g/mol. The molecule has 0 rings (SSSR count). The van der Waals surface area contributed by atoms with Gasteiger partial charge in [-0.25, -0.2) is 0 Å². The quantitative estimate of drug-likeness (QED) is 0.548. The van der Waals surface area contributed by atoms with Crippen LogP contribution in [-0.4, -0.2) is 54.6 Å². The Labute approximate surface area is 91.3 Å². The minimum atomic E-state index is -0.690. The molecular weight excluding hydrogens is 358 g/mol. The van der Waals surface area contributed by atoms with Crippen LogP contribution in [-0.2, 0) is 4.57 Å². The van der Waals surface area contributed by atoms with Gasteiger partial charge >= 0.3 is 95.0 Å². The van der Waals surface area contributed by atoms with Crippen LogP contribution in [0.15, 0.2) is 0 Å². The van der Waals surface area contributed by atoms with E-state index in [2.05, 4.69) is 0 Å². The molecule has 0 aliphatic carbocycles. The third kappa shape index (κ3) is 9.09. The van der Waals surface area contributed by atoms with Crippen LogP contribution in [0.2, 0.25) is 0 Å². The van der Waals surface area contributed by atoms with Crippen molar-refractivity contribution in [3.63, 3.8) is 0 Å². The summed E-state index contributed by atoms with van der Waals surface area (Å²) in [5.41, 5.74) is 0. The van der Waals surface area contributed by atoms with E-state index in [0.29, 0.717) is 96.5 Å². The normalized spacial score (nSPS) is 15.2. The van der Waals surface area contributed by atoms with Crippen molar-refractivity contribution in [2.75, 3.05) is 0 Å². The molecular formula is H2OPRaRb. The van der Waals surface area contributed by atoms with Crippen molar-refractivity contribution in [1.82, 2.24) is 0 Å². The molecule has 0 saturated heterocycles. The van der Waals surface area contributed by atoms with Gasteiger partial charge in [0.05, 0.1) is 0 Å². The SMILES string of the molecule is O=[PH]([Rb])[RaH]. The Morgan fingerprint density at radius 1 is 2.00 bits per heavy atom. The molecule has 0 N–H and O–H groups in total. The van der Waals surface area contributed by atoms with Gasteiger partial charge in [-0.1, -0.05) is 0 Å². The van der Waals surface area contributed by atoms with E-state index in [0.717, 1.165) is 0 Å². The standard InChI is InChI=1S/HOP.Ra.Rb.H/c1-2;;;/h2H;;;. The van der Waals surface area contributed by atoms with Gasteiger partial charge in [0.1, 0.15) is 0 Å². The van der Waals surface area contributed by atoms with Crippen molar-refractivity contribution in [2.45, 2.75) is 0 Å². The first-order valence-corrected chi connectivity index (χ1v) is 23.3. The van der Waals surface area contributed by atoms with E-state index >= 15 is 0 Å². The first kappa shape index (κ1) is 7.50. The molecule has 0 aromatic carbocycles. The molecule has 16 valence electrons. The number of hydrogen-bond acceptors (Lipinski definition) is 1. The number of rotatable bonds is 0. The summed E-state index contributed by atoms with van der Waals surface area (Å²) >= 11 is 1.03. The van der Waals surface area contributed by atoms with E-state index in [9.17, 15) is 4.57 Å². The van der Waals surface area contributed by atoms with Gasteiger partial charge in [0, 0.05) is 0 Å². The molecule has 1 nitrogen and oxygen atoms in total. The molecule has 0 amide bonds. The summed E-state index contributed by atoms with van der Waals surface area (Å²) in [6.07, 6.45) is 0. The summed E-state index contributed by atoms with van der Waals surface area (Å²) in [6.45, 7) is 0. The fourth-order valence-corrected chi connectivity index (χ4v) is 0. The first-order valence-electron chi connectivity index (χ1n) is 1.20. The molecule has 4 heavy (non-hydrogen) atoms. The zero-order valence-electron chi connectivity index (χ0n) is 2.91. The van der Waals surface area contributed by atoms with Gasteiger partial charge in [0.2, 0.25) is 0 Å². The fourth-order valence-electron chi connectivity index (χ4n) is 0. The molecule has 0 saturated carbocycles. The summed E-state index contributed by atoms with van der Waals surface area (Å²) in [4.78, 5) is 0. The van der Waals surface area contributed by atoms with Crippen molar-refractivity contribution >= 4 is 48.5 Å². The molecule has 0 spiro atoms. The topological polar surface area (TPSA) is 17.1 Å². The van der Waals surface area contributed by atoms with Crippen molar-refractivity contribution < 1.29 is 46.5 Å². The fraction of sp³-hybridized carbons (Fsp3) is 0. The second-order valence-corrected chi connectivity index (χ2v) is 91.1. The van der Waals surface area contributed by atoms with Crippen LogP contribution in [0.25, 0.3) is 0 Å². The van der Waals surface area contributed by atoms with Gasteiger partial charge < -0.3 is 0 Å². The van der Waals surface area contributed by atoms with Gasteiger partial charge in [-0.2, -0.15) is 0 Å². The first-order chi connectivity index (χ1) is 1.73. The molecule has 1 atom stereocenters. The predicted octanol–water partition coefficient (Wildman–Crippen LogP) is -0.174. The van der Waals surface area contributed by atoms with E-state index in [1.807, 2.05) is 0 Å². The Hall–Kier alpha value is 3.50. The van der Waals surface area contributed by atoms with E-state index in [4.69, 9.17) is 0 Å². The monoisotopic (exact) mass is 360 g/mol. The van der Waals surface area contributed by atoms with Crippen LogP contribution in [0.4, 0.5) is 0 Å². The Morgan fingerprint density at radius 3 is 2.00 bits per heavy atom. The number of hydrogen-bond donors (Lipinski definition) is 0. The van der Waals surface area contributed by atoms with Crippen LogP contribution in [0, 0.1) is 42.0 Å². The molecule has 0 fully saturated rings. The summed E-state index contributed by atoms with van der Waals surface area (Å²) in [5.74, 6) is 0. The van der Waals surface area contributed by atoms with E-state index in [1.165, 1.54) is 0 Å². The third-order valence-corrected chi connectivity index (χ3v) is 0. The molecule has 0 aliphatic heterocycles. The van der Waals surface area contributed by atoms with E-state index < -0.39 is -6.12 Å².